The van der Waals surface area contributed by atoms with Crippen molar-refractivity contribution >= 4 is 17.5 Å². The summed E-state index contributed by atoms with van der Waals surface area (Å²) in [6, 6.07) is 1.60. The van der Waals surface area contributed by atoms with Gasteiger partial charge < -0.3 is 16.0 Å². The minimum absolute atomic E-state index is 0.0903. The van der Waals surface area contributed by atoms with Crippen LogP contribution in [-0.2, 0) is 4.79 Å². The van der Waals surface area contributed by atoms with Gasteiger partial charge in [-0.2, -0.15) is 0 Å². The van der Waals surface area contributed by atoms with Crippen LogP contribution < -0.4 is 11.1 Å². The third-order valence-corrected chi connectivity index (χ3v) is 2.89. The van der Waals surface area contributed by atoms with Crippen LogP contribution in [-0.4, -0.2) is 41.3 Å². The predicted molar refractivity (Wildman–Crippen MR) is 66.9 cm³/mol. The van der Waals surface area contributed by atoms with Gasteiger partial charge >= 0.3 is 0 Å². The van der Waals surface area contributed by atoms with Crippen molar-refractivity contribution in [3.05, 3.63) is 23.5 Å². The minimum Gasteiger partial charge on any atom is -0.397 e. The van der Waals surface area contributed by atoms with E-state index in [0.29, 0.717) is 30.0 Å². The molecular formula is C12H16N4O2. The number of carbonyl (C=O) groups excluding carboxylic acids is 2. The molecule has 18 heavy (non-hydrogen) atoms. The largest absolute Gasteiger partial charge is 0.397 e. The molecule has 6 nitrogen and oxygen atoms in total. The fraction of sp³-hybridized carbons (Fsp3) is 0.417. The number of pyridine rings is 1. The first-order chi connectivity index (χ1) is 8.58. The first kappa shape index (κ1) is 12.3. The summed E-state index contributed by atoms with van der Waals surface area (Å²) in [5.74, 6) is -0.320. The number of amides is 2. The smallest absolute Gasteiger partial charge is 0.256 e. The molecule has 1 aromatic rings. The first-order valence-electron chi connectivity index (χ1n) is 5.86. The molecule has 1 saturated heterocycles. The molecule has 6 heteroatoms. The maximum Gasteiger partial charge on any atom is 0.256 e. The highest BCUT2D eigenvalue weighted by molar-refractivity contribution is 5.98. The summed E-state index contributed by atoms with van der Waals surface area (Å²) < 4.78 is 0. The Morgan fingerprint density at radius 3 is 3.11 bits per heavy atom. The summed E-state index contributed by atoms with van der Waals surface area (Å²) in [4.78, 5) is 29.4. The van der Waals surface area contributed by atoms with Gasteiger partial charge in [-0.3, -0.25) is 14.6 Å². The van der Waals surface area contributed by atoms with Crippen molar-refractivity contribution in [3.63, 3.8) is 0 Å². The lowest BCUT2D eigenvalue weighted by molar-refractivity contribution is -0.121. The lowest BCUT2D eigenvalue weighted by Gasteiger charge is -2.19. The Morgan fingerprint density at radius 1 is 1.56 bits per heavy atom. The number of nitrogens with one attached hydrogen (secondary N) is 1. The van der Waals surface area contributed by atoms with Gasteiger partial charge in [0.15, 0.2) is 0 Å². The van der Waals surface area contributed by atoms with E-state index in [0.717, 1.165) is 6.42 Å². The van der Waals surface area contributed by atoms with Crippen LogP contribution in [0.1, 0.15) is 22.5 Å². The number of rotatable bonds is 1. The second-order valence-electron chi connectivity index (χ2n) is 4.33. The van der Waals surface area contributed by atoms with Crippen LogP contribution in [0.25, 0.3) is 0 Å². The number of hydrogen-bond acceptors (Lipinski definition) is 4. The van der Waals surface area contributed by atoms with Crippen molar-refractivity contribution in [3.8, 4) is 0 Å². The molecule has 96 valence electrons. The zero-order valence-electron chi connectivity index (χ0n) is 10.3. The van der Waals surface area contributed by atoms with Gasteiger partial charge in [0.25, 0.3) is 5.91 Å². The van der Waals surface area contributed by atoms with Crippen LogP contribution >= 0.6 is 0 Å². The quantitative estimate of drug-likeness (QED) is 0.728. The van der Waals surface area contributed by atoms with Gasteiger partial charge in [-0.25, -0.2) is 0 Å². The van der Waals surface area contributed by atoms with Gasteiger partial charge in [0, 0.05) is 13.1 Å². The van der Waals surface area contributed by atoms with E-state index in [4.69, 9.17) is 5.73 Å². The standard InChI is InChI=1S/C12H16N4O2/c1-8-10(5-9(13)6-15-8)12(18)16-4-2-3-14-11(17)7-16/h5-6H,2-4,7,13H2,1H3,(H,14,17). The third kappa shape index (κ3) is 2.58. The molecule has 0 bridgehead atoms. The van der Waals surface area contributed by atoms with E-state index in [1.54, 1.807) is 13.0 Å². The lowest BCUT2D eigenvalue weighted by atomic mass is 10.1. The van der Waals surface area contributed by atoms with E-state index in [2.05, 4.69) is 10.3 Å². The fourth-order valence-corrected chi connectivity index (χ4v) is 1.92. The Hall–Kier alpha value is -2.11. The van der Waals surface area contributed by atoms with Crippen molar-refractivity contribution in [2.45, 2.75) is 13.3 Å². The highest BCUT2D eigenvalue weighted by Gasteiger charge is 2.22. The number of anilines is 1. The maximum absolute atomic E-state index is 12.3. The highest BCUT2D eigenvalue weighted by Crippen LogP contribution is 2.13. The summed E-state index contributed by atoms with van der Waals surface area (Å²) in [6.07, 6.45) is 2.27. The molecule has 0 radical (unpaired) electrons. The van der Waals surface area contributed by atoms with E-state index in [9.17, 15) is 9.59 Å². The molecule has 0 spiro atoms. The van der Waals surface area contributed by atoms with Gasteiger partial charge in [0.05, 0.1) is 29.7 Å². The van der Waals surface area contributed by atoms with Gasteiger partial charge in [-0.05, 0) is 19.4 Å². The molecule has 0 aromatic carbocycles. The summed E-state index contributed by atoms with van der Waals surface area (Å²) in [7, 11) is 0. The zero-order chi connectivity index (χ0) is 13.1. The molecule has 1 aliphatic rings. The van der Waals surface area contributed by atoms with Crippen molar-refractivity contribution in [1.29, 1.82) is 0 Å². The van der Waals surface area contributed by atoms with Crippen molar-refractivity contribution in [1.82, 2.24) is 15.2 Å². The van der Waals surface area contributed by atoms with E-state index < -0.39 is 0 Å². The van der Waals surface area contributed by atoms with Crippen LogP contribution in [0.4, 0.5) is 5.69 Å². The molecule has 3 N–H and O–H groups in total. The Kier molecular flexibility index (Phi) is 3.45. The van der Waals surface area contributed by atoms with Crippen LogP contribution in [0.3, 0.4) is 0 Å². The average Bonchev–Trinajstić information content (AvgIpc) is 2.56. The maximum atomic E-state index is 12.3. The predicted octanol–water partition coefficient (Wildman–Crippen LogP) is -0.0657. The molecule has 0 saturated carbocycles. The van der Waals surface area contributed by atoms with Crippen molar-refractivity contribution in [2.24, 2.45) is 0 Å². The highest BCUT2D eigenvalue weighted by atomic mass is 16.2. The number of aromatic nitrogens is 1. The topological polar surface area (TPSA) is 88.3 Å². The van der Waals surface area contributed by atoms with Crippen molar-refractivity contribution in [2.75, 3.05) is 25.4 Å². The number of nitrogens with zero attached hydrogens (tertiary/aromatic N) is 2. The second kappa shape index (κ2) is 5.03. The van der Waals surface area contributed by atoms with Gasteiger partial charge in [0.2, 0.25) is 5.91 Å². The zero-order valence-corrected chi connectivity index (χ0v) is 10.3. The number of carbonyl (C=O) groups is 2. The number of nitrogen functional groups attached to an aromatic ring is 1. The van der Waals surface area contributed by atoms with Gasteiger partial charge in [-0.15, -0.1) is 0 Å². The van der Waals surface area contributed by atoms with E-state index in [1.165, 1.54) is 11.1 Å². The molecule has 1 fully saturated rings. The Morgan fingerprint density at radius 2 is 2.33 bits per heavy atom. The van der Waals surface area contributed by atoms with Crippen LogP contribution in [0.2, 0.25) is 0 Å². The SMILES string of the molecule is Cc1ncc(N)cc1C(=O)N1CCCNC(=O)C1. The Labute approximate surface area is 105 Å². The summed E-state index contributed by atoms with van der Waals surface area (Å²) in [6.45, 7) is 3.01. The second-order valence-corrected chi connectivity index (χ2v) is 4.33. The third-order valence-electron chi connectivity index (χ3n) is 2.89. The molecule has 2 heterocycles. The molecule has 2 amide bonds. The first-order valence-corrected chi connectivity index (χ1v) is 5.86. The number of aryl methyl sites for hydroxylation is 1. The van der Waals surface area contributed by atoms with Crippen molar-refractivity contribution < 1.29 is 9.59 Å². The average molecular weight is 248 g/mol. The number of hydrogen-bond donors (Lipinski definition) is 2. The van der Waals surface area contributed by atoms with Crippen LogP contribution in [0, 0.1) is 6.92 Å². The molecule has 0 unspecified atom stereocenters. The Bertz CT molecular complexity index is 487. The fourth-order valence-electron chi connectivity index (χ4n) is 1.92. The van der Waals surface area contributed by atoms with Crippen LogP contribution in [0.5, 0.6) is 0 Å². The molecule has 0 aliphatic carbocycles. The Balaban J connectivity index is 2.24. The molecule has 1 aromatic heterocycles. The molecule has 1 aliphatic heterocycles. The monoisotopic (exact) mass is 248 g/mol. The lowest BCUT2D eigenvalue weighted by Crippen LogP contribution is -2.37. The number of nitrogens with two attached hydrogens (primary N) is 1. The van der Waals surface area contributed by atoms with E-state index >= 15 is 0 Å². The normalized spacial score (nSPS) is 16.1. The van der Waals surface area contributed by atoms with E-state index in [1.807, 2.05) is 0 Å². The molecule has 2 rings (SSSR count). The van der Waals surface area contributed by atoms with Gasteiger partial charge in [0.1, 0.15) is 0 Å². The summed E-state index contributed by atoms with van der Waals surface area (Å²) in [5, 5.41) is 2.73. The minimum atomic E-state index is -0.190. The summed E-state index contributed by atoms with van der Waals surface area (Å²) >= 11 is 0. The van der Waals surface area contributed by atoms with Gasteiger partial charge in [-0.1, -0.05) is 0 Å². The van der Waals surface area contributed by atoms with Crippen LogP contribution in [0.15, 0.2) is 12.3 Å². The van der Waals surface area contributed by atoms with E-state index in [-0.39, 0.29) is 18.4 Å². The molecular weight excluding hydrogens is 232 g/mol. The summed E-state index contributed by atoms with van der Waals surface area (Å²) in [5.41, 5.74) is 7.17. The molecule has 0 atom stereocenters.